The van der Waals surface area contributed by atoms with Crippen molar-refractivity contribution in [3.8, 4) is 0 Å². The highest BCUT2D eigenvalue weighted by atomic mass is 16.6. The van der Waals surface area contributed by atoms with Gasteiger partial charge >= 0.3 is 6.03 Å². The zero-order valence-electron chi connectivity index (χ0n) is 15.1. The number of hydrogen-bond donors (Lipinski definition) is 1. The van der Waals surface area contributed by atoms with Gasteiger partial charge < -0.3 is 5.32 Å². The molecule has 3 amide bonds. The number of non-ortho nitro benzene ring substituents is 1. The molecule has 0 saturated carbocycles. The van der Waals surface area contributed by atoms with Gasteiger partial charge in [-0.25, -0.2) is 4.79 Å². The van der Waals surface area contributed by atoms with Crippen LogP contribution < -0.4 is 5.32 Å². The summed E-state index contributed by atoms with van der Waals surface area (Å²) in [4.78, 5) is 37.2. The number of imide groups is 1. The van der Waals surface area contributed by atoms with Crippen LogP contribution in [0.4, 0.5) is 10.5 Å². The zero-order chi connectivity index (χ0) is 19.9. The molecule has 1 heterocycles. The van der Waals surface area contributed by atoms with Gasteiger partial charge in [-0.15, -0.1) is 0 Å². The lowest BCUT2D eigenvalue weighted by Crippen LogP contribution is -2.40. The molecule has 1 N–H and O–H groups in total. The lowest BCUT2D eigenvalue weighted by molar-refractivity contribution is -0.384. The van der Waals surface area contributed by atoms with Gasteiger partial charge in [-0.1, -0.05) is 42.5 Å². The number of nitro benzene ring substituents is 1. The summed E-state index contributed by atoms with van der Waals surface area (Å²) in [7, 11) is 0. The summed E-state index contributed by atoms with van der Waals surface area (Å²) >= 11 is 0. The van der Waals surface area contributed by atoms with Gasteiger partial charge in [0.2, 0.25) is 0 Å². The summed E-state index contributed by atoms with van der Waals surface area (Å²) < 4.78 is 0. The van der Waals surface area contributed by atoms with Crippen LogP contribution in [0.3, 0.4) is 0 Å². The van der Waals surface area contributed by atoms with Crippen LogP contribution in [-0.2, 0) is 16.9 Å². The van der Waals surface area contributed by atoms with E-state index in [1.165, 1.54) is 29.2 Å². The Labute approximate surface area is 160 Å². The Hall–Kier alpha value is -3.74. The van der Waals surface area contributed by atoms with Crippen molar-refractivity contribution in [1.82, 2.24) is 10.2 Å². The maximum atomic E-state index is 13.1. The molecule has 1 aliphatic rings. The molecule has 0 radical (unpaired) electrons. The number of nitro groups is 1. The van der Waals surface area contributed by atoms with E-state index >= 15 is 0 Å². The van der Waals surface area contributed by atoms with Crippen molar-refractivity contribution in [2.45, 2.75) is 19.0 Å². The minimum absolute atomic E-state index is 0.0725. The molecule has 3 aromatic rings. The second-order valence-corrected chi connectivity index (χ2v) is 6.89. The van der Waals surface area contributed by atoms with E-state index in [0.717, 1.165) is 16.3 Å². The van der Waals surface area contributed by atoms with E-state index in [-0.39, 0.29) is 18.1 Å². The first-order chi connectivity index (χ1) is 13.4. The fourth-order valence-corrected chi connectivity index (χ4v) is 3.55. The van der Waals surface area contributed by atoms with Gasteiger partial charge in [-0.05, 0) is 41.0 Å². The number of carbonyl (C=O) groups excluding carboxylic acids is 2. The molecule has 28 heavy (non-hydrogen) atoms. The standard InChI is InChI=1S/C21H17N3O4/c1-21(16-9-11-17(12-10-16)24(27)28)19(25)23(20(26)22-21)13-15-7-4-6-14-5-2-3-8-18(14)15/h2-12H,13H2,1H3,(H,22,26). The molecule has 0 bridgehead atoms. The third kappa shape index (κ3) is 2.77. The van der Waals surface area contributed by atoms with Crippen LogP contribution in [0.25, 0.3) is 10.8 Å². The van der Waals surface area contributed by atoms with Gasteiger partial charge in [0.1, 0.15) is 5.54 Å². The van der Waals surface area contributed by atoms with Crippen molar-refractivity contribution in [3.63, 3.8) is 0 Å². The fourth-order valence-electron chi connectivity index (χ4n) is 3.55. The average Bonchev–Trinajstić information content (AvgIpc) is 2.92. The Kier molecular flexibility index (Phi) is 4.07. The highest BCUT2D eigenvalue weighted by molar-refractivity contribution is 6.07. The van der Waals surface area contributed by atoms with Gasteiger partial charge in [0, 0.05) is 12.1 Å². The molecule has 0 aliphatic carbocycles. The normalized spacial score (nSPS) is 19.1. The molecular weight excluding hydrogens is 358 g/mol. The van der Waals surface area contributed by atoms with Crippen LogP contribution in [-0.4, -0.2) is 21.8 Å². The molecule has 1 aliphatic heterocycles. The predicted octanol–water partition coefficient (Wildman–Crippen LogP) is 3.72. The van der Waals surface area contributed by atoms with E-state index in [9.17, 15) is 19.7 Å². The van der Waals surface area contributed by atoms with Gasteiger partial charge in [0.05, 0.1) is 11.5 Å². The first kappa shape index (κ1) is 17.7. The van der Waals surface area contributed by atoms with Crippen LogP contribution in [0.2, 0.25) is 0 Å². The number of benzene rings is 3. The Morgan fingerprint density at radius 2 is 1.68 bits per heavy atom. The fraction of sp³-hybridized carbons (Fsp3) is 0.143. The smallest absolute Gasteiger partial charge is 0.319 e. The maximum absolute atomic E-state index is 13.1. The van der Waals surface area contributed by atoms with E-state index in [0.29, 0.717) is 5.56 Å². The van der Waals surface area contributed by atoms with Gasteiger partial charge in [-0.2, -0.15) is 0 Å². The average molecular weight is 375 g/mol. The second-order valence-electron chi connectivity index (χ2n) is 6.89. The summed E-state index contributed by atoms with van der Waals surface area (Å²) in [6, 6.07) is 18.7. The highest BCUT2D eigenvalue weighted by Crippen LogP contribution is 2.31. The number of nitrogens with one attached hydrogen (secondary N) is 1. The summed E-state index contributed by atoms with van der Waals surface area (Å²) in [5, 5.41) is 15.6. The summed E-state index contributed by atoms with van der Waals surface area (Å²) in [5.74, 6) is -0.390. The lowest BCUT2D eigenvalue weighted by Gasteiger charge is -2.22. The van der Waals surface area contributed by atoms with E-state index in [2.05, 4.69) is 5.32 Å². The topological polar surface area (TPSA) is 92.6 Å². The molecule has 1 atom stereocenters. The SMILES string of the molecule is CC1(c2ccc([N+](=O)[O-])cc2)NC(=O)N(Cc2cccc3ccccc23)C1=O. The predicted molar refractivity (Wildman–Crippen MR) is 103 cm³/mol. The number of fused-ring (bicyclic) bond motifs is 1. The van der Waals surface area contributed by atoms with Crippen LogP contribution in [0.5, 0.6) is 0 Å². The van der Waals surface area contributed by atoms with Crippen molar-refractivity contribution in [2.75, 3.05) is 0 Å². The van der Waals surface area contributed by atoms with Crippen molar-refractivity contribution in [2.24, 2.45) is 0 Å². The quantitative estimate of drug-likeness (QED) is 0.427. The van der Waals surface area contributed by atoms with Crippen molar-refractivity contribution < 1.29 is 14.5 Å². The minimum atomic E-state index is -1.27. The minimum Gasteiger partial charge on any atom is -0.319 e. The Bertz CT molecular complexity index is 1100. The van der Waals surface area contributed by atoms with Gasteiger partial charge in [0.25, 0.3) is 11.6 Å². The molecule has 3 aromatic carbocycles. The van der Waals surface area contributed by atoms with E-state index in [4.69, 9.17) is 0 Å². The van der Waals surface area contributed by atoms with Gasteiger partial charge in [-0.3, -0.25) is 19.8 Å². The number of hydrogen-bond acceptors (Lipinski definition) is 4. The molecule has 1 fully saturated rings. The molecule has 140 valence electrons. The number of amides is 3. The Morgan fingerprint density at radius 3 is 2.39 bits per heavy atom. The number of carbonyl (C=O) groups is 2. The molecule has 0 spiro atoms. The largest absolute Gasteiger partial charge is 0.325 e. The van der Waals surface area contributed by atoms with E-state index < -0.39 is 16.5 Å². The van der Waals surface area contributed by atoms with E-state index in [1.54, 1.807) is 6.92 Å². The summed E-state index contributed by atoms with van der Waals surface area (Å²) in [6.45, 7) is 1.76. The first-order valence-corrected chi connectivity index (χ1v) is 8.76. The lowest BCUT2D eigenvalue weighted by atomic mass is 9.91. The third-order valence-electron chi connectivity index (χ3n) is 5.14. The number of urea groups is 1. The third-order valence-corrected chi connectivity index (χ3v) is 5.14. The summed E-state index contributed by atoms with van der Waals surface area (Å²) in [6.07, 6.45) is 0. The van der Waals surface area contributed by atoms with Crippen LogP contribution in [0.1, 0.15) is 18.1 Å². The number of nitrogens with zero attached hydrogens (tertiary/aromatic N) is 2. The second kappa shape index (κ2) is 6.45. The molecular formula is C21H17N3O4. The van der Waals surface area contributed by atoms with Crippen LogP contribution in [0.15, 0.2) is 66.7 Å². The summed E-state index contributed by atoms with van der Waals surface area (Å²) in [5.41, 5.74) is 0.0275. The highest BCUT2D eigenvalue weighted by Gasteiger charge is 2.49. The molecule has 4 rings (SSSR count). The molecule has 7 nitrogen and oxygen atoms in total. The maximum Gasteiger partial charge on any atom is 0.325 e. The Balaban J connectivity index is 1.66. The monoisotopic (exact) mass is 375 g/mol. The number of rotatable bonds is 4. The Morgan fingerprint density at radius 1 is 1.00 bits per heavy atom. The van der Waals surface area contributed by atoms with Crippen molar-refractivity contribution >= 4 is 28.4 Å². The van der Waals surface area contributed by atoms with Crippen molar-refractivity contribution in [3.05, 3.63) is 88.0 Å². The zero-order valence-corrected chi connectivity index (χ0v) is 15.1. The van der Waals surface area contributed by atoms with Crippen molar-refractivity contribution in [1.29, 1.82) is 0 Å². The van der Waals surface area contributed by atoms with Crippen LogP contribution >= 0.6 is 0 Å². The molecule has 1 unspecified atom stereocenters. The molecule has 1 saturated heterocycles. The molecule has 7 heteroatoms. The van der Waals surface area contributed by atoms with Crippen LogP contribution in [0, 0.1) is 10.1 Å². The van der Waals surface area contributed by atoms with Gasteiger partial charge in [0.15, 0.2) is 0 Å². The first-order valence-electron chi connectivity index (χ1n) is 8.76. The van der Waals surface area contributed by atoms with E-state index in [1.807, 2.05) is 42.5 Å². The molecule has 0 aromatic heterocycles.